The molecule has 0 spiro atoms. The fourth-order valence-electron chi connectivity index (χ4n) is 3.51. The Bertz CT molecular complexity index is 924. The van der Waals surface area contributed by atoms with Crippen molar-refractivity contribution in [2.45, 2.75) is 12.6 Å². The van der Waals surface area contributed by atoms with Gasteiger partial charge in [0.05, 0.1) is 6.04 Å². The molecule has 0 radical (unpaired) electrons. The Kier molecular flexibility index (Phi) is 4.51. The molecule has 0 heterocycles. The zero-order valence-corrected chi connectivity index (χ0v) is 15.9. The molecule has 4 rings (SSSR count). The normalized spacial score (nSPS) is 12.4. The fourth-order valence-corrected chi connectivity index (χ4v) is 3.91. The van der Waals surface area contributed by atoms with E-state index >= 15 is 0 Å². The summed E-state index contributed by atoms with van der Waals surface area (Å²) in [4.78, 5) is 14.4. The monoisotopic (exact) mass is 407 g/mol. The van der Waals surface area contributed by atoms with Crippen LogP contribution in [0.4, 0.5) is 4.79 Å². The average Bonchev–Trinajstić information content (AvgIpc) is 3.01. The van der Waals surface area contributed by atoms with Gasteiger partial charge in [0.15, 0.2) is 0 Å². The van der Waals surface area contributed by atoms with Crippen molar-refractivity contribution in [1.82, 2.24) is 4.90 Å². The minimum absolute atomic E-state index is 0.130. The van der Waals surface area contributed by atoms with Crippen molar-refractivity contribution in [2.75, 3.05) is 7.05 Å². The number of fused-ring (bicyclic) bond motifs is 3. The van der Waals surface area contributed by atoms with Crippen LogP contribution in [0.5, 0.6) is 0 Å². The molecule has 0 aliphatic heterocycles. The van der Waals surface area contributed by atoms with Crippen LogP contribution in [0, 0.1) is 0 Å². The van der Waals surface area contributed by atoms with Gasteiger partial charge in [-0.1, -0.05) is 82.7 Å². The van der Waals surface area contributed by atoms with Crippen molar-refractivity contribution >= 4 is 22.0 Å². The third kappa shape index (κ3) is 2.90. The van der Waals surface area contributed by atoms with Gasteiger partial charge in [-0.3, -0.25) is 0 Å². The number of amides is 1. The molecule has 0 unspecified atom stereocenters. The Morgan fingerprint density at radius 1 is 0.923 bits per heavy atom. The number of halogens is 1. The van der Waals surface area contributed by atoms with E-state index in [1.54, 1.807) is 11.9 Å². The SMILES string of the molecule is CN(C(=O)OCc1ccccc1Br)C1c2ccccc2-c2ccccc21. The molecule has 0 bridgehead atoms. The van der Waals surface area contributed by atoms with E-state index in [-0.39, 0.29) is 18.7 Å². The number of ether oxygens (including phenoxy) is 1. The van der Waals surface area contributed by atoms with Crippen molar-refractivity contribution < 1.29 is 9.53 Å². The minimum Gasteiger partial charge on any atom is -0.444 e. The smallest absolute Gasteiger partial charge is 0.410 e. The first-order valence-corrected chi connectivity index (χ1v) is 9.27. The number of rotatable bonds is 3. The summed E-state index contributed by atoms with van der Waals surface area (Å²) in [7, 11) is 1.80. The first-order valence-electron chi connectivity index (χ1n) is 8.48. The van der Waals surface area contributed by atoms with Crippen LogP contribution in [0.1, 0.15) is 22.7 Å². The average molecular weight is 408 g/mol. The molecule has 0 aromatic heterocycles. The summed E-state index contributed by atoms with van der Waals surface area (Å²) in [6.45, 7) is 0.237. The third-order valence-corrected chi connectivity index (χ3v) is 5.56. The molecule has 1 amide bonds. The van der Waals surface area contributed by atoms with Crippen LogP contribution in [0.2, 0.25) is 0 Å². The van der Waals surface area contributed by atoms with Gasteiger partial charge in [0.1, 0.15) is 6.61 Å². The van der Waals surface area contributed by atoms with E-state index in [9.17, 15) is 4.79 Å². The Balaban J connectivity index is 1.59. The molecule has 1 aliphatic rings. The maximum atomic E-state index is 12.7. The molecular formula is C22H18BrNO2. The highest BCUT2D eigenvalue weighted by atomic mass is 79.9. The van der Waals surface area contributed by atoms with Crippen molar-refractivity contribution in [3.8, 4) is 11.1 Å². The van der Waals surface area contributed by atoms with Gasteiger partial charge < -0.3 is 9.64 Å². The van der Waals surface area contributed by atoms with Gasteiger partial charge in [-0.05, 0) is 28.3 Å². The second-order valence-corrected chi connectivity index (χ2v) is 7.19. The maximum absolute atomic E-state index is 12.7. The summed E-state index contributed by atoms with van der Waals surface area (Å²) in [6, 6.07) is 24.1. The number of hydrogen-bond acceptors (Lipinski definition) is 2. The lowest BCUT2D eigenvalue weighted by Gasteiger charge is -2.26. The van der Waals surface area contributed by atoms with E-state index in [1.165, 1.54) is 11.1 Å². The van der Waals surface area contributed by atoms with Crippen LogP contribution in [-0.4, -0.2) is 18.0 Å². The highest BCUT2D eigenvalue weighted by Crippen LogP contribution is 2.45. The van der Waals surface area contributed by atoms with E-state index in [1.807, 2.05) is 48.5 Å². The molecule has 4 heteroatoms. The van der Waals surface area contributed by atoms with Crippen LogP contribution in [0.3, 0.4) is 0 Å². The second-order valence-electron chi connectivity index (χ2n) is 6.33. The standard InChI is InChI=1S/C22H18BrNO2/c1-24(22(25)26-14-15-8-2-7-13-20(15)23)21-18-11-5-3-9-16(18)17-10-4-6-12-19(17)21/h2-13,21H,14H2,1H3. The molecule has 0 N–H and O–H groups in total. The molecule has 1 aliphatic carbocycles. The van der Waals surface area contributed by atoms with Crippen LogP contribution < -0.4 is 0 Å². The highest BCUT2D eigenvalue weighted by molar-refractivity contribution is 9.10. The minimum atomic E-state index is -0.336. The summed E-state index contributed by atoms with van der Waals surface area (Å²) in [5.74, 6) is 0. The van der Waals surface area contributed by atoms with Gasteiger partial charge in [0.25, 0.3) is 0 Å². The van der Waals surface area contributed by atoms with E-state index in [4.69, 9.17) is 4.74 Å². The largest absolute Gasteiger partial charge is 0.444 e. The first-order chi connectivity index (χ1) is 12.7. The number of carbonyl (C=O) groups is 1. The number of carbonyl (C=O) groups excluding carboxylic acids is 1. The highest BCUT2D eigenvalue weighted by Gasteiger charge is 2.33. The quantitative estimate of drug-likeness (QED) is 0.549. The molecule has 26 heavy (non-hydrogen) atoms. The molecule has 130 valence electrons. The van der Waals surface area contributed by atoms with Crippen molar-refractivity contribution in [2.24, 2.45) is 0 Å². The number of hydrogen-bond donors (Lipinski definition) is 0. The zero-order valence-electron chi connectivity index (χ0n) is 14.4. The van der Waals surface area contributed by atoms with Gasteiger partial charge in [-0.25, -0.2) is 4.79 Å². The maximum Gasteiger partial charge on any atom is 0.410 e. The molecule has 0 fully saturated rings. The van der Waals surface area contributed by atoms with E-state index in [0.717, 1.165) is 21.2 Å². The first kappa shape index (κ1) is 16.9. The fraction of sp³-hybridized carbons (Fsp3) is 0.136. The molecule has 3 aromatic rings. The lowest BCUT2D eigenvalue weighted by molar-refractivity contribution is 0.0965. The van der Waals surface area contributed by atoms with Crippen LogP contribution in [0.15, 0.2) is 77.3 Å². The lowest BCUT2D eigenvalue weighted by atomic mass is 10.0. The van der Waals surface area contributed by atoms with Crippen LogP contribution in [-0.2, 0) is 11.3 Å². The zero-order chi connectivity index (χ0) is 18.1. The molecule has 0 saturated carbocycles. The summed E-state index contributed by atoms with van der Waals surface area (Å²) in [6.07, 6.45) is -0.336. The Morgan fingerprint density at radius 3 is 2.08 bits per heavy atom. The van der Waals surface area contributed by atoms with Gasteiger partial charge in [-0.2, -0.15) is 0 Å². The van der Waals surface area contributed by atoms with E-state index in [2.05, 4.69) is 40.2 Å². The summed E-state index contributed by atoms with van der Waals surface area (Å²) in [5.41, 5.74) is 5.57. The third-order valence-electron chi connectivity index (χ3n) is 4.79. The number of nitrogens with zero attached hydrogens (tertiary/aromatic N) is 1. The summed E-state index contributed by atoms with van der Waals surface area (Å²) in [5, 5.41) is 0. The van der Waals surface area contributed by atoms with E-state index < -0.39 is 0 Å². The topological polar surface area (TPSA) is 29.5 Å². The lowest BCUT2D eigenvalue weighted by Crippen LogP contribution is -2.31. The summed E-state index contributed by atoms with van der Waals surface area (Å²) >= 11 is 3.49. The molecule has 0 saturated heterocycles. The van der Waals surface area contributed by atoms with Gasteiger partial charge in [0.2, 0.25) is 0 Å². The van der Waals surface area contributed by atoms with Crippen LogP contribution >= 0.6 is 15.9 Å². The van der Waals surface area contributed by atoms with Crippen molar-refractivity contribution in [3.05, 3.63) is 94.0 Å². The molecule has 3 nitrogen and oxygen atoms in total. The van der Waals surface area contributed by atoms with Gasteiger partial charge >= 0.3 is 6.09 Å². The predicted octanol–water partition coefficient (Wildman–Crippen LogP) is 5.79. The molecular weight excluding hydrogens is 390 g/mol. The van der Waals surface area contributed by atoms with E-state index in [0.29, 0.717) is 0 Å². The predicted molar refractivity (Wildman–Crippen MR) is 106 cm³/mol. The Hall–Kier alpha value is -2.59. The number of benzene rings is 3. The van der Waals surface area contributed by atoms with Crippen molar-refractivity contribution in [1.29, 1.82) is 0 Å². The molecule has 0 atom stereocenters. The van der Waals surface area contributed by atoms with Crippen molar-refractivity contribution in [3.63, 3.8) is 0 Å². The molecule has 3 aromatic carbocycles. The Labute approximate surface area is 161 Å². The summed E-state index contributed by atoms with van der Waals surface area (Å²) < 4.78 is 6.51. The Morgan fingerprint density at radius 2 is 1.46 bits per heavy atom. The van der Waals surface area contributed by atoms with Gasteiger partial charge in [-0.15, -0.1) is 0 Å². The van der Waals surface area contributed by atoms with Gasteiger partial charge in [0, 0.05) is 17.1 Å². The second kappa shape index (κ2) is 6.96. The van der Waals surface area contributed by atoms with Crippen LogP contribution in [0.25, 0.3) is 11.1 Å².